The minimum Gasteiger partial charge on any atom is -0.465 e. The number of nitrogens with two attached hydrogens (primary N) is 1. The van der Waals surface area contributed by atoms with Crippen molar-refractivity contribution in [3.8, 4) is 0 Å². The zero-order valence-electron chi connectivity index (χ0n) is 8.68. The van der Waals surface area contributed by atoms with Crippen molar-refractivity contribution in [2.24, 2.45) is 5.84 Å². The predicted molar refractivity (Wildman–Crippen MR) is 61.7 cm³/mol. The number of anilines is 1. The van der Waals surface area contributed by atoms with Gasteiger partial charge >= 0.3 is 6.09 Å². The summed E-state index contributed by atoms with van der Waals surface area (Å²) in [6.07, 6.45) is 4.91. The van der Waals surface area contributed by atoms with Gasteiger partial charge in [0.05, 0.1) is 11.4 Å². The highest BCUT2D eigenvalue weighted by molar-refractivity contribution is 5.64. The second-order valence-corrected chi connectivity index (χ2v) is 3.04. The molecule has 1 heterocycles. The number of carboxylic acid groups (broad SMARTS) is 1. The third-order valence-electron chi connectivity index (χ3n) is 1.82. The number of nitrogens with zero attached hydrogens (tertiary/aromatic N) is 1. The van der Waals surface area contributed by atoms with Gasteiger partial charge in [0, 0.05) is 12.7 Å². The fourth-order valence-electron chi connectivity index (χ4n) is 1.10. The summed E-state index contributed by atoms with van der Waals surface area (Å²) < 4.78 is 0. The molecule has 1 aromatic rings. The van der Waals surface area contributed by atoms with E-state index in [1.807, 2.05) is 12.2 Å². The molecule has 0 fully saturated rings. The van der Waals surface area contributed by atoms with Gasteiger partial charge in [0.1, 0.15) is 0 Å². The molecule has 0 radical (unpaired) electrons. The number of hydrazine groups is 1. The monoisotopic (exact) mass is 222 g/mol. The van der Waals surface area contributed by atoms with Gasteiger partial charge in [-0.25, -0.2) is 4.79 Å². The fourth-order valence-corrected chi connectivity index (χ4v) is 1.10. The smallest absolute Gasteiger partial charge is 0.404 e. The molecule has 0 aliphatic heterocycles. The first-order valence-corrected chi connectivity index (χ1v) is 4.78. The maximum absolute atomic E-state index is 10.1. The third kappa shape index (κ3) is 4.43. The molecule has 0 atom stereocenters. The van der Waals surface area contributed by atoms with Crippen molar-refractivity contribution < 1.29 is 9.90 Å². The SMILES string of the molecule is NNc1ccnc(C=CCCNC(=O)O)c1. The molecule has 86 valence electrons. The van der Waals surface area contributed by atoms with Crippen molar-refractivity contribution in [1.29, 1.82) is 0 Å². The summed E-state index contributed by atoms with van der Waals surface area (Å²) in [5, 5.41) is 10.6. The molecule has 0 bridgehead atoms. The van der Waals surface area contributed by atoms with E-state index in [1.54, 1.807) is 18.3 Å². The Hall–Kier alpha value is -2.08. The van der Waals surface area contributed by atoms with E-state index < -0.39 is 6.09 Å². The van der Waals surface area contributed by atoms with Crippen LogP contribution < -0.4 is 16.6 Å². The summed E-state index contributed by atoms with van der Waals surface area (Å²) in [6.45, 7) is 0.390. The molecule has 1 amide bonds. The highest BCUT2D eigenvalue weighted by Crippen LogP contribution is 2.07. The molecular weight excluding hydrogens is 208 g/mol. The first-order valence-electron chi connectivity index (χ1n) is 4.78. The van der Waals surface area contributed by atoms with E-state index in [9.17, 15) is 4.79 Å². The molecule has 6 nitrogen and oxygen atoms in total. The molecule has 0 aliphatic rings. The summed E-state index contributed by atoms with van der Waals surface area (Å²) in [5.41, 5.74) is 4.07. The number of pyridine rings is 1. The predicted octanol–water partition coefficient (Wildman–Crippen LogP) is 1.04. The Morgan fingerprint density at radius 2 is 2.44 bits per heavy atom. The zero-order chi connectivity index (χ0) is 11.8. The first-order chi connectivity index (χ1) is 7.72. The number of aromatic nitrogens is 1. The number of hydrogen-bond acceptors (Lipinski definition) is 4. The average Bonchev–Trinajstić information content (AvgIpc) is 2.28. The molecular formula is C10H14N4O2. The van der Waals surface area contributed by atoms with E-state index in [2.05, 4.69) is 15.7 Å². The standard InChI is InChI=1S/C10H14N4O2/c11-14-9-4-6-12-8(7-9)3-1-2-5-13-10(15)16/h1,3-4,6-7,13H,2,5,11H2,(H,12,14)(H,15,16). The van der Waals surface area contributed by atoms with Gasteiger partial charge in [-0.1, -0.05) is 6.08 Å². The Morgan fingerprint density at radius 3 is 3.12 bits per heavy atom. The summed E-state index contributed by atoms with van der Waals surface area (Å²) in [7, 11) is 0. The summed E-state index contributed by atoms with van der Waals surface area (Å²) in [5.74, 6) is 5.25. The van der Waals surface area contributed by atoms with Crippen LogP contribution in [0.4, 0.5) is 10.5 Å². The van der Waals surface area contributed by atoms with Gasteiger partial charge in [-0.2, -0.15) is 0 Å². The molecule has 0 unspecified atom stereocenters. The number of nitrogen functional groups attached to an aromatic ring is 1. The maximum atomic E-state index is 10.1. The van der Waals surface area contributed by atoms with Crippen molar-refractivity contribution in [2.45, 2.75) is 6.42 Å². The Bertz CT molecular complexity index is 379. The second-order valence-electron chi connectivity index (χ2n) is 3.04. The van der Waals surface area contributed by atoms with Gasteiger partial charge in [0.2, 0.25) is 0 Å². The lowest BCUT2D eigenvalue weighted by atomic mass is 10.3. The fraction of sp³-hybridized carbons (Fsp3) is 0.200. The first kappa shape index (κ1) is 12.0. The van der Waals surface area contributed by atoms with Gasteiger partial charge in [0.15, 0.2) is 0 Å². The summed E-state index contributed by atoms with van der Waals surface area (Å²) in [4.78, 5) is 14.2. The van der Waals surface area contributed by atoms with Crippen molar-refractivity contribution in [3.63, 3.8) is 0 Å². The van der Waals surface area contributed by atoms with Gasteiger partial charge in [-0.15, -0.1) is 0 Å². The Morgan fingerprint density at radius 1 is 1.62 bits per heavy atom. The van der Waals surface area contributed by atoms with E-state index >= 15 is 0 Å². The minimum absolute atomic E-state index is 0.390. The topological polar surface area (TPSA) is 100 Å². The minimum atomic E-state index is -1.01. The van der Waals surface area contributed by atoms with Crippen LogP contribution in [0.3, 0.4) is 0 Å². The quantitative estimate of drug-likeness (QED) is 0.339. The average molecular weight is 222 g/mol. The number of amides is 1. The normalized spacial score (nSPS) is 10.3. The molecule has 16 heavy (non-hydrogen) atoms. The Labute approximate surface area is 93.2 Å². The molecule has 1 rings (SSSR count). The van der Waals surface area contributed by atoms with Gasteiger partial charge in [-0.3, -0.25) is 10.8 Å². The second kappa shape index (κ2) is 6.41. The van der Waals surface area contributed by atoms with Crippen LogP contribution in [0.2, 0.25) is 0 Å². The van der Waals surface area contributed by atoms with Gasteiger partial charge < -0.3 is 15.8 Å². The highest BCUT2D eigenvalue weighted by atomic mass is 16.4. The lowest BCUT2D eigenvalue weighted by Gasteiger charge is -1.99. The van der Waals surface area contributed by atoms with Crippen molar-refractivity contribution in [3.05, 3.63) is 30.1 Å². The number of nitrogens with one attached hydrogen (secondary N) is 2. The van der Waals surface area contributed by atoms with E-state index in [0.29, 0.717) is 13.0 Å². The third-order valence-corrected chi connectivity index (χ3v) is 1.82. The Balaban J connectivity index is 2.40. The molecule has 5 N–H and O–H groups in total. The number of carbonyl (C=O) groups is 1. The van der Waals surface area contributed by atoms with Crippen molar-refractivity contribution in [2.75, 3.05) is 12.0 Å². The molecule has 1 aromatic heterocycles. The molecule has 0 saturated heterocycles. The van der Waals surface area contributed by atoms with Crippen LogP contribution in [0.25, 0.3) is 6.08 Å². The van der Waals surface area contributed by atoms with Crippen LogP contribution in [0.1, 0.15) is 12.1 Å². The summed E-state index contributed by atoms with van der Waals surface area (Å²) in [6, 6.07) is 3.55. The largest absolute Gasteiger partial charge is 0.465 e. The lowest BCUT2D eigenvalue weighted by molar-refractivity contribution is 0.194. The van der Waals surface area contributed by atoms with Gasteiger partial charge in [0.25, 0.3) is 0 Å². The van der Waals surface area contributed by atoms with E-state index in [-0.39, 0.29) is 0 Å². The number of hydrogen-bond donors (Lipinski definition) is 4. The van der Waals surface area contributed by atoms with E-state index in [4.69, 9.17) is 10.9 Å². The van der Waals surface area contributed by atoms with Crippen LogP contribution >= 0.6 is 0 Å². The van der Waals surface area contributed by atoms with Crippen LogP contribution in [0, 0.1) is 0 Å². The maximum Gasteiger partial charge on any atom is 0.404 e. The molecule has 0 saturated carbocycles. The van der Waals surface area contributed by atoms with E-state index in [0.717, 1.165) is 11.4 Å². The van der Waals surface area contributed by atoms with Gasteiger partial charge in [-0.05, 0) is 24.6 Å². The van der Waals surface area contributed by atoms with Crippen LogP contribution in [0.5, 0.6) is 0 Å². The number of rotatable bonds is 5. The van der Waals surface area contributed by atoms with Crippen LogP contribution in [-0.4, -0.2) is 22.7 Å². The Kier molecular flexibility index (Phi) is 4.81. The highest BCUT2D eigenvalue weighted by Gasteiger charge is 1.92. The van der Waals surface area contributed by atoms with Crippen molar-refractivity contribution in [1.82, 2.24) is 10.3 Å². The molecule has 6 heteroatoms. The summed E-state index contributed by atoms with van der Waals surface area (Å²) >= 11 is 0. The van der Waals surface area contributed by atoms with Crippen LogP contribution in [-0.2, 0) is 0 Å². The molecule has 0 aromatic carbocycles. The van der Waals surface area contributed by atoms with Crippen LogP contribution in [0.15, 0.2) is 24.4 Å². The van der Waals surface area contributed by atoms with E-state index in [1.165, 1.54) is 0 Å². The molecule has 0 aliphatic carbocycles. The zero-order valence-corrected chi connectivity index (χ0v) is 8.68. The lowest BCUT2D eigenvalue weighted by Crippen LogP contribution is -2.21. The molecule has 0 spiro atoms. The van der Waals surface area contributed by atoms with Crippen molar-refractivity contribution >= 4 is 17.9 Å².